The largest absolute Gasteiger partial charge is 0.524 e. The number of urea groups is 1. The van der Waals surface area contributed by atoms with Crippen LogP contribution in [-0.4, -0.2) is 173 Å². The van der Waals surface area contributed by atoms with E-state index in [1.807, 2.05) is 13.8 Å². The summed E-state index contributed by atoms with van der Waals surface area (Å²) in [6, 6.07) is 5.50. The standard InChI is InChI=1S/C64H82Cl2N13O16P/c1-34(2)52(75-56(83)42(72-37(5)81)11-8-9-17-68-33-80)57(84)74-43(12-10-18-69-60(67)87)55(82)73-41-15-13-38(14-16-41)29-93-61(88)76(6)19-20-77(7)62(89)94-46-21-44-50(48-35(3)25-70-53(46)48)39(23-65)27-78(44)58(85)63-30-64(31-63,32-63)59(86)79-28-40(24-66)51-45(79)22-47(95-96(90,91)92)54-49(51)36(4)26-71-54/h13-16,21-22,25-26,33-34,39-40,42-43,52,70-71H,8-12,17-20,23-24,27-32H2,1-7H3,(H,68,80)(H,72,81)(H,73,82)(H,74,84)(H,75,83)(H3,67,69,87)(H2,90,91,92)/t39-,40-,42+,43+,52+,63?,64?/m1/s1. The lowest BCUT2D eigenvalue weighted by Crippen LogP contribution is -2.73. The van der Waals surface area contributed by atoms with Crippen LogP contribution in [0.25, 0.3) is 21.8 Å². The lowest BCUT2D eigenvalue weighted by atomic mass is 9.34. The van der Waals surface area contributed by atoms with E-state index < -0.39 is 84.5 Å². The fourth-order valence-corrected chi connectivity index (χ4v) is 14.5. The molecule has 3 aliphatic carbocycles. The third-order valence-electron chi connectivity index (χ3n) is 18.4. The number of phosphoric acid groups is 1. The van der Waals surface area contributed by atoms with Crippen molar-refractivity contribution < 1.29 is 76.3 Å². The van der Waals surface area contributed by atoms with Gasteiger partial charge in [-0.2, -0.15) is 0 Å². The first kappa shape index (κ1) is 71.7. The Bertz CT molecular complexity index is 3870. The van der Waals surface area contributed by atoms with Crippen LogP contribution in [0.3, 0.4) is 0 Å². The van der Waals surface area contributed by atoms with Crippen LogP contribution in [0.1, 0.15) is 112 Å². The van der Waals surface area contributed by atoms with Crippen LogP contribution in [0, 0.1) is 30.6 Å². The molecule has 2 aliphatic heterocycles. The SMILES string of the molecule is CC(=O)N[C@@H](CCCCNC=O)C(=O)N[C@H](C(=O)N[C@@H](CCCNC(N)=O)C(=O)Nc1ccc(COC(=O)N(C)CCN(C)C(=O)Oc2cc3c(c4c(C)c[nH]c24)[C@H](CCl)CN3C(=O)C23CC(C(=O)N4C[C@@H](CCl)c5c4cc(OP(=O)(O)O)c4[nH]cc(C)c54)(C2)C3)cc1)C(C)C. The normalized spacial score (nSPS) is 19.2. The number of halogens is 2. The van der Waals surface area contributed by atoms with Crippen molar-refractivity contribution in [2.24, 2.45) is 22.5 Å². The summed E-state index contributed by atoms with van der Waals surface area (Å²) >= 11 is 13.2. The van der Waals surface area contributed by atoms with E-state index in [2.05, 4.69) is 41.9 Å². The quantitative estimate of drug-likeness (QED) is 0.0107. The molecule has 0 radical (unpaired) electrons. The first-order valence-electron chi connectivity index (χ1n) is 31.6. The molecule has 2 aromatic heterocycles. The van der Waals surface area contributed by atoms with Gasteiger partial charge in [-0.1, -0.05) is 26.0 Å². The molecule has 12 N–H and O–H groups in total. The number of primary amides is 1. The minimum Gasteiger partial charge on any atom is -0.445 e. The maximum Gasteiger partial charge on any atom is 0.524 e. The number of benzene rings is 3. The molecule has 5 aliphatic rings. The summed E-state index contributed by atoms with van der Waals surface area (Å²) in [6.45, 7) is 9.26. The third kappa shape index (κ3) is 15.4. The predicted molar refractivity (Wildman–Crippen MR) is 357 cm³/mol. The number of carbonyl (C=O) groups excluding carboxylic acids is 10. The number of H-pyrrole nitrogens is 2. The number of ether oxygens (including phenoxy) is 2. The van der Waals surface area contributed by atoms with Crippen LogP contribution in [0.15, 0.2) is 48.8 Å². The van der Waals surface area contributed by atoms with Crippen molar-refractivity contribution in [1.82, 2.24) is 46.4 Å². The number of amides is 11. The minimum absolute atomic E-state index is 0.0186. The van der Waals surface area contributed by atoms with Gasteiger partial charge >= 0.3 is 26.0 Å². The number of aryl methyl sites for hydroxylation is 2. The van der Waals surface area contributed by atoms with E-state index >= 15 is 0 Å². The first-order chi connectivity index (χ1) is 45.5. The summed E-state index contributed by atoms with van der Waals surface area (Å²) in [5, 5.41) is 17.2. The van der Waals surface area contributed by atoms with Gasteiger partial charge in [-0.3, -0.25) is 43.3 Å². The summed E-state index contributed by atoms with van der Waals surface area (Å²) in [5.41, 5.74) is 9.51. The fraction of sp³-hybridized carbons (Fsp3) is 0.500. The number of hydrogen-bond donors (Lipinski definition) is 11. The number of carbonyl (C=O) groups is 10. The van der Waals surface area contributed by atoms with E-state index in [0.29, 0.717) is 64.8 Å². The Morgan fingerprint density at radius 2 is 1.27 bits per heavy atom. The highest BCUT2D eigenvalue weighted by atomic mass is 35.5. The average molecular weight is 1390 g/mol. The molecule has 5 atom stereocenters. The zero-order chi connectivity index (χ0) is 69.7. The second kappa shape index (κ2) is 29.8. The van der Waals surface area contributed by atoms with Crippen molar-refractivity contribution in [3.8, 4) is 11.5 Å². The summed E-state index contributed by atoms with van der Waals surface area (Å²) in [4.78, 5) is 164. The van der Waals surface area contributed by atoms with Crippen LogP contribution >= 0.6 is 31.0 Å². The van der Waals surface area contributed by atoms with E-state index in [-0.39, 0.29) is 125 Å². The van der Waals surface area contributed by atoms with Crippen molar-refractivity contribution in [2.75, 3.05) is 80.2 Å². The number of unbranched alkanes of at least 4 members (excludes halogenated alkanes) is 1. The second-order valence-corrected chi connectivity index (χ2v) is 27.5. The van der Waals surface area contributed by atoms with Crippen LogP contribution in [0.2, 0.25) is 0 Å². The summed E-state index contributed by atoms with van der Waals surface area (Å²) in [7, 11) is -1.99. The van der Waals surface area contributed by atoms with Crippen molar-refractivity contribution in [3.63, 3.8) is 0 Å². The van der Waals surface area contributed by atoms with Crippen molar-refractivity contribution >= 4 is 130 Å². The zero-order valence-electron chi connectivity index (χ0n) is 54.4. The highest BCUT2D eigenvalue weighted by molar-refractivity contribution is 7.46. The number of likely N-dealkylation sites (N-methyl/N-ethyl adjacent to an activating group) is 2. The van der Waals surface area contributed by atoms with Gasteiger partial charge in [0.2, 0.25) is 41.9 Å². The first-order valence-corrected chi connectivity index (χ1v) is 34.2. The van der Waals surface area contributed by atoms with Crippen molar-refractivity contribution in [2.45, 2.75) is 123 Å². The summed E-state index contributed by atoms with van der Waals surface area (Å²) in [6.07, 6.45) is 4.96. The van der Waals surface area contributed by atoms with Crippen LogP contribution in [0.4, 0.5) is 31.4 Å². The van der Waals surface area contributed by atoms with E-state index in [9.17, 15) is 62.3 Å². The molecule has 5 aromatic rings. The van der Waals surface area contributed by atoms with Gasteiger partial charge in [0.05, 0.1) is 33.2 Å². The highest BCUT2D eigenvalue weighted by Gasteiger charge is 2.76. The van der Waals surface area contributed by atoms with Gasteiger partial charge in [-0.05, 0) is 111 Å². The maximum atomic E-state index is 14.9. The molecule has 4 heterocycles. The predicted octanol–water partition coefficient (Wildman–Crippen LogP) is 6.08. The van der Waals surface area contributed by atoms with Gasteiger partial charge in [0, 0.05) is 125 Å². The van der Waals surface area contributed by atoms with Crippen molar-refractivity contribution in [1.29, 1.82) is 0 Å². The molecule has 29 nitrogen and oxygen atoms in total. The summed E-state index contributed by atoms with van der Waals surface area (Å²) < 4.78 is 28.9. The number of phosphoric ester groups is 1. The Labute approximate surface area is 563 Å². The Hall–Kier alpha value is -8.63. The highest BCUT2D eigenvalue weighted by Crippen LogP contribution is 2.75. The van der Waals surface area contributed by atoms with E-state index in [1.54, 1.807) is 66.4 Å². The number of aromatic amines is 2. The average Bonchev–Trinajstić information content (AvgIpc) is 0.908. The summed E-state index contributed by atoms with van der Waals surface area (Å²) in [5.74, 6) is -3.34. The van der Waals surface area contributed by atoms with Gasteiger partial charge in [0.15, 0.2) is 11.5 Å². The number of fused-ring (bicyclic) bond motifs is 6. The number of anilines is 3. The Morgan fingerprint density at radius 3 is 1.79 bits per heavy atom. The second-order valence-electron chi connectivity index (χ2n) is 25.8. The Balaban J connectivity index is 0.783. The lowest BCUT2D eigenvalue weighted by molar-refractivity contribution is -0.205. The topological polar surface area (TPSA) is 399 Å². The molecule has 0 unspecified atom stereocenters. The van der Waals surface area contributed by atoms with Gasteiger partial charge in [-0.25, -0.2) is 18.9 Å². The fourth-order valence-electron chi connectivity index (χ4n) is 13.6. The molecule has 32 heteroatoms. The molecule has 3 fully saturated rings. The number of rotatable bonds is 30. The molecule has 0 saturated heterocycles. The van der Waals surface area contributed by atoms with Gasteiger partial charge in [-0.15, -0.1) is 23.2 Å². The molecule has 2 bridgehead atoms. The van der Waals surface area contributed by atoms with Crippen LogP contribution < -0.4 is 56.7 Å². The smallest absolute Gasteiger partial charge is 0.445 e. The molecule has 11 amide bonds. The molecule has 96 heavy (non-hydrogen) atoms. The van der Waals surface area contributed by atoms with Gasteiger partial charge in [0.25, 0.3) is 0 Å². The molecule has 3 saturated carbocycles. The number of hydrogen-bond acceptors (Lipinski definition) is 14. The molecule has 3 aromatic carbocycles. The van der Waals surface area contributed by atoms with Gasteiger partial charge in [0.1, 0.15) is 24.7 Å². The molecule has 10 rings (SSSR count). The third-order valence-corrected chi connectivity index (χ3v) is 19.5. The molecular formula is C64H82Cl2N13O16P. The lowest BCUT2D eigenvalue weighted by Gasteiger charge is -2.69. The minimum atomic E-state index is -5.00. The maximum absolute atomic E-state index is 14.9. The number of nitrogens with one attached hydrogen (secondary N) is 8. The molecular weight excluding hydrogens is 1310 g/mol. The Morgan fingerprint density at radius 1 is 0.740 bits per heavy atom. The molecule has 518 valence electrons. The van der Waals surface area contributed by atoms with E-state index in [4.69, 9.17) is 42.9 Å². The number of nitrogens with zero attached hydrogens (tertiary/aromatic N) is 4. The van der Waals surface area contributed by atoms with Crippen LogP contribution in [-0.2, 0) is 49.5 Å². The van der Waals surface area contributed by atoms with Gasteiger partial charge < -0.3 is 81.2 Å². The van der Waals surface area contributed by atoms with E-state index in [1.165, 1.54) is 36.9 Å². The zero-order valence-corrected chi connectivity index (χ0v) is 56.8. The van der Waals surface area contributed by atoms with Crippen molar-refractivity contribution in [3.05, 3.63) is 76.6 Å². The monoisotopic (exact) mass is 1390 g/mol. The van der Waals surface area contributed by atoms with E-state index in [0.717, 1.165) is 27.6 Å². The number of alkyl halides is 2. The number of aromatic nitrogens is 2. The van der Waals surface area contributed by atoms with Crippen LogP contribution in [0.5, 0.6) is 11.5 Å². The Kier molecular flexibility index (Phi) is 22.2. The number of nitrogens with two attached hydrogens (primary N) is 1. The molecule has 0 spiro atoms.